The molecule has 1 aromatic carbocycles. The van der Waals surface area contributed by atoms with Gasteiger partial charge in [-0.25, -0.2) is 0 Å². The maximum atomic E-state index is 11.7. The zero-order chi connectivity index (χ0) is 17.5. The summed E-state index contributed by atoms with van der Waals surface area (Å²) in [6.07, 6.45) is 4.10. The fourth-order valence-corrected chi connectivity index (χ4v) is 2.31. The van der Waals surface area contributed by atoms with Gasteiger partial charge < -0.3 is 4.57 Å². The van der Waals surface area contributed by atoms with Crippen molar-refractivity contribution in [2.45, 2.75) is 6.54 Å². The minimum absolute atomic E-state index is 0.208. The lowest BCUT2D eigenvalue weighted by atomic mass is 10.2. The predicted molar refractivity (Wildman–Crippen MR) is 92.5 cm³/mol. The van der Waals surface area contributed by atoms with Crippen molar-refractivity contribution >= 4 is 41.1 Å². The zero-order valence-electron chi connectivity index (χ0n) is 12.3. The molecule has 1 heterocycles. The highest BCUT2D eigenvalue weighted by molar-refractivity contribution is 6.37. The van der Waals surface area contributed by atoms with E-state index in [1.807, 2.05) is 0 Å². The number of pyridine rings is 1. The molecule has 0 aliphatic heterocycles. The standard InChI is InChI=1S/C16H13Cl2N3O3/c17-12-4-3-5-13(18)11(12)7-8-14(22)19-20-15(23)10-21-9-2-1-6-16(21)24/h1-9H,10H2,(H,19,22)(H,20,23)/b8-7+. The van der Waals surface area contributed by atoms with E-state index < -0.39 is 11.8 Å². The Morgan fingerprint density at radius 2 is 1.75 bits per heavy atom. The molecule has 0 saturated heterocycles. The van der Waals surface area contributed by atoms with Crippen molar-refractivity contribution < 1.29 is 9.59 Å². The number of halogens is 2. The van der Waals surface area contributed by atoms with E-state index in [0.717, 1.165) is 0 Å². The number of hydrogen-bond donors (Lipinski definition) is 2. The Hall–Kier alpha value is -2.57. The molecule has 2 aromatic rings. The van der Waals surface area contributed by atoms with Crippen molar-refractivity contribution in [2.75, 3.05) is 0 Å². The summed E-state index contributed by atoms with van der Waals surface area (Å²) >= 11 is 12.0. The van der Waals surface area contributed by atoms with Crippen LogP contribution in [0.3, 0.4) is 0 Å². The number of carbonyl (C=O) groups excluding carboxylic acids is 2. The molecule has 2 rings (SSSR count). The van der Waals surface area contributed by atoms with Crippen molar-refractivity contribution in [1.82, 2.24) is 15.4 Å². The normalized spacial score (nSPS) is 10.6. The van der Waals surface area contributed by atoms with E-state index in [0.29, 0.717) is 15.6 Å². The molecule has 0 fully saturated rings. The average molecular weight is 366 g/mol. The average Bonchev–Trinajstić information content (AvgIpc) is 2.54. The summed E-state index contributed by atoms with van der Waals surface area (Å²) < 4.78 is 1.21. The van der Waals surface area contributed by atoms with Crippen LogP contribution in [-0.4, -0.2) is 16.4 Å². The highest BCUT2D eigenvalue weighted by Crippen LogP contribution is 2.25. The monoisotopic (exact) mass is 365 g/mol. The smallest absolute Gasteiger partial charge is 0.262 e. The summed E-state index contributed by atoms with van der Waals surface area (Å²) in [5.74, 6) is -1.11. The number of nitrogens with one attached hydrogen (secondary N) is 2. The van der Waals surface area contributed by atoms with Gasteiger partial charge in [0.15, 0.2) is 0 Å². The number of carbonyl (C=O) groups is 2. The van der Waals surface area contributed by atoms with Crippen LogP contribution in [0, 0.1) is 0 Å². The Labute approximate surface area is 147 Å². The third-order valence-electron chi connectivity index (χ3n) is 2.94. The molecule has 1 aromatic heterocycles. The van der Waals surface area contributed by atoms with Gasteiger partial charge in [-0.2, -0.15) is 0 Å². The molecular formula is C16H13Cl2N3O3. The van der Waals surface area contributed by atoms with Crippen LogP contribution < -0.4 is 16.4 Å². The molecule has 124 valence electrons. The zero-order valence-corrected chi connectivity index (χ0v) is 13.8. The predicted octanol–water partition coefficient (Wildman–Crippen LogP) is 2.02. The quantitative estimate of drug-likeness (QED) is 0.642. The van der Waals surface area contributed by atoms with E-state index in [1.54, 1.807) is 30.3 Å². The van der Waals surface area contributed by atoms with Crippen molar-refractivity contribution in [3.8, 4) is 0 Å². The molecule has 2 amide bonds. The largest absolute Gasteiger partial charge is 0.306 e. The fraction of sp³-hybridized carbons (Fsp3) is 0.0625. The summed E-state index contributed by atoms with van der Waals surface area (Å²) in [5.41, 5.74) is 4.60. The van der Waals surface area contributed by atoms with Gasteiger partial charge in [0.1, 0.15) is 6.54 Å². The van der Waals surface area contributed by atoms with E-state index in [9.17, 15) is 14.4 Å². The van der Waals surface area contributed by atoms with E-state index in [-0.39, 0.29) is 12.1 Å². The first-order valence-electron chi connectivity index (χ1n) is 6.84. The van der Waals surface area contributed by atoms with Crippen LogP contribution in [0.25, 0.3) is 6.08 Å². The molecule has 0 aliphatic rings. The van der Waals surface area contributed by atoms with E-state index >= 15 is 0 Å². The minimum Gasteiger partial charge on any atom is -0.306 e. The number of hydrazine groups is 1. The second-order valence-electron chi connectivity index (χ2n) is 4.67. The van der Waals surface area contributed by atoms with Crippen molar-refractivity contribution in [1.29, 1.82) is 0 Å². The van der Waals surface area contributed by atoms with Gasteiger partial charge in [-0.15, -0.1) is 0 Å². The van der Waals surface area contributed by atoms with Crippen LogP contribution in [0.2, 0.25) is 10.0 Å². The molecule has 6 nitrogen and oxygen atoms in total. The van der Waals surface area contributed by atoms with Gasteiger partial charge in [0.2, 0.25) is 0 Å². The first-order chi connectivity index (χ1) is 11.5. The van der Waals surface area contributed by atoms with Crippen LogP contribution in [-0.2, 0) is 16.1 Å². The van der Waals surface area contributed by atoms with E-state index in [1.165, 1.54) is 29.0 Å². The lowest BCUT2D eigenvalue weighted by Gasteiger charge is -2.07. The number of hydrogen-bond acceptors (Lipinski definition) is 3. The van der Waals surface area contributed by atoms with E-state index in [4.69, 9.17) is 23.2 Å². The summed E-state index contributed by atoms with van der Waals surface area (Å²) in [6, 6.07) is 9.51. The minimum atomic E-state index is -0.570. The first kappa shape index (κ1) is 17.8. The van der Waals surface area contributed by atoms with Gasteiger partial charge in [0, 0.05) is 33.9 Å². The SMILES string of the molecule is O=C(/C=C/c1c(Cl)cccc1Cl)NNC(=O)Cn1ccccc1=O. The fourth-order valence-electron chi connectivity index (χ4n) is 1.79. The van der Waals surface area contributed by atoms with Gasteiger partial charge in [0.05, 0.1) is 0 Å². The molecule has 0 atom stereocenters. The summed E-state index contributed by atoms with van der Waals surface area (Å²) in [6.45, 7) is -0.208. The van der Waals surface area contributed by atoms with E-state index in [2.05, 4.69) is 10.9 Å². The van der Waals surface area contributed by atoms with Gasteiger partial charge in [0.25, 0.3) is 17.4 Å². The molecule has 0 aliphatic carbocycles. The van der Waals surface area contributed by atoms with Crippen LogP contribution >= 0.6 is 23.2 Å². The third kappa shape index (κ3) is 4.97. The molecule has 0 saturated carbocycles. The Morgan fingerprint density at radius 3 is 2.42 bits per heavy atom. The molecule has 2 N–H and O–H groups in total. The number of amides is 2. The molecule has 0 radical (unpaired) electrons. The summed E-state index contributed by atoms with van der Waals surface area (Å²) in [4.78, 5) is 34.9. The maximum Gasteiger partial charge on any atom is 0.262 e. The lowest BCUT2D eigenvalue weighted by Crippen LogP contribution is -2.43. The van der Waals surface area contributed by atoms with Gasteiger partial charge in [-0.05, 0) is 24.3 Å². The van der Waals surface area contributed by atoms with Crippen LogP contribution in [0.4, 0.5) is 0 Å². The van der Waals surface area contributed by atoms with Crippen LogP contribution in [0.5, 0.6) is 0 Å². The van der Waals surface area contributed by atoms with Crippen molar-refractivity contribution in [2.24, 2.45) is 0 Å². The lowest BCUT2D eigenvalue weighted by molar-refractivity contribution is -0.127. The van der Waals surface area contributed by atoms with Gasteiger partial charge >= 0.3 is 0 Å². The molecule has 24 heavy (non-hydrogen) atoms. The Bertz CT molecular complexity index is 826. The van der Waals surface area contributed by atoms with Crippen molar-refractivity contribution in [3.05, 3.63) is 74.6 Å². The number of nitrogens with zero attached hydrogens (tertiary/aromatic N) is 1. The van der Waals surface area contributed by atoms with Crippen molar-refractivity contribution in [3.63, 3.8) is 0 Å². The number of rotatable bonds is 4. The Morgan fingerprint density at radius 1 is 1.04 bits per heavy atom. The topological polar surface area (TPSA) is 80.2 Å². The number of aromatic nitrogens is 1. The Kier molecular flexibility index (Phi) is 6.17. The summed E-state index contributed by atoms with van der Waals surface area (Å²) in [7, 11) is 0. The second kappa shape index (κ2) is 8.33. The molecule has 0 unspecified atom stereocenters. The highest BCUT2D eigenvalue weighted by atomic mass is 35.5. The second-order valence-corrected chi connectivity index (χ2v) is 5.49. The van der Waals surface area contributed by atoms with Crippen LogP contribution in [0.15, 0.2) is 53.5 Å². The number of benzene rings is 1. The van der Waals surface area contributed by atoms with Gasteiger partial charge in [-0.3, -0.25) is 25.2 Å². The van der Waals surface area contributed by atoms with Crippen LogP contribution in [0.1, 0.15) is 5.56 Å². The third-order valence-corrected chi connectivity index (χ3v) is 3.60. The highest BCUT2D eigenvalue weighted by Gasteiger charge is 2.05. The first-order valence-corrected chi connectivity index (χ1v) is 7.59. The molecule has 0 bridgehead atoms. The molecular weight excluding hydrogens is 353 g/mol. The van der Waals surface area contributed by atoms with Gasteiger partial charge in [-0.1, -0.05) is 35.3 Å². The summed E-state index contributed by atoms with van der Waals surface area (Å²) in [5, 5.41) is 0.804. The molecule has 0 spiro atoms. The molecule has 8 heteroatoms. The maximum absolute atomic E-state index is 11.7. The Balaban J connectivity index is 1.89.